The summed E-state index contributed by atoms with van der Waals surface area (Å²) in [6.45, 7) is -0.244. The number of halogens is 2. The topological polar surface area (TPSA) is 76.9 Å². The fourth-order valence-corrected chi connectivity index (χ4v) is 2.60. The van der Waals surface area contributed by atoms with Crippen LogP contribution in [0.1, 0.15) is 0 Å². The molecule has 0 aliphatic rings. The monoisotopic (exact) mass is 374 g/mol. The molecule has 0 saturated carbocycles. The van der Waals surface area contributed by atoms with Gasteiger partial charge in [-0.25, -0.2) is 4.68 Å². The molecule has 1 aromatic carbocycles. The van der Waals surface area contributed by atoms with E-state index < -0.39 is 5.91 Å². The highest BCUT2D eigenvalue weighted by Crippen LogP contribution is 2.25. The van der Waals surface area contributed by atoms with Crippen molar-refractivity contribution in [3.05, 3.63) is 75.3 Å². The molecule has 1 amide bonds. The van der Waals surface area contributed by atoms with Crippen molar-refractivity contribution in [2.75, 3.05) is 5.32 Å². The third kappa shape index (κ3) is 4.23. The van der Waals surface area contributed by atoms with Crippen LogP contribution in [0.2, 0.25) is 10.0 Å². The summed E-state index contributed by atoms with van der Waals surface area (Å²) in [6, 6.07) is 11.2. The first-order chi connectivity index (χ1) is 12.0. The van der Waals surface area contributed by atoms with Crippen molar-refractivity contribution < 1.29 is 4.79 Å². The van der Waals surface area contributed by atoms with E-state index in [9.17, 15) is 9.59 Å². The first-order valence-electron chi connectivity index (χ1n) is 7.26. The van der Waals surface area contributed by atoms with Crippen LogP contribution in [0.15, 0.2) is 59.7 Å². The van der Waals surface area contributed by atoms with Crippen LogP contribution in [-0.2, 0) is 11.3 Å². The minimum Gasteiger partial charge on any atom is -0.323 e. The highest BCUT2D eigenvalue weighted by atomic mass is 35.5. The minimum absolute atomic E-state index is 0.244. The van der Waals surface area contributed by atoms with Gasteiger partial charge in [-0.1, -0.05) is 23.2 Å². The number of nitrogens with zero attached hydrogens (tertiary/aromatic N) is 3. The van der Waals surface area contributed by atoms with E-state index >= 15 is 0 Å². The Balaban J connectivity index is 1.80. The molecule has 0 aliphatic heterocycles. The molecule has 0 spiro atoms. The molecule has 2 aromatic heterocycles. The Labute approximate surface area is 153 Å². The molecule has 25 heavy (non-hydrogen) atoms. The number of hydrogen-bond donors (Lipinski definition) is 1. The lowest BCUT2D eigenvalue weighted by Crippen LogP contribution is -2.29. The number of aromatic nitrogens is 3. The van der Waals surface area contributed by atoms with Crippen LogP contribution in [0.5, 0.6) is 0 Å². The van der Waals surface area contributed by atoms with Crippen LogP contribution >= 0.6 is 23.2 Å². The zero-order chi connectivity index (χ0) is 17.8. The lowest BCUT2D eigenvalue weighted by molar-refractivity contribution is -0.117. The maximum Gasteiger partial charge on any atom is 0.267 e. The van der Waals surface area contributed by atoms with Crippen molar-refractivity contribution in [1.82, 2.24) is 14.8 Å². The predicted octanol–water partition coefficient (Wildman–Crippen LogP) is 3.25. The van der Waals surface area contributed by atoms with Gasteiger partial charge in [0.2, 0.25) is 5.91 Å². The summed E-state index contributed by atoms with van der Waals surface area (Å²) < 4.78 is 1.08. The second kappa shape index (κ2) is 7.46. The standard InChI is InChI=1S/C17H12Cl2N4O2/c18-12-3-4-15(13(19)8-12)21-16(24)10-23-17(25)6-5-14(22-23)11-2-1-7-20-9-11/h1-9H,10H2,(H,21,24). The first-order valence-corrected chi connectivity index (χ1v) is 8.02. The third-order valence-corrected chi connectivity index (χ3v) is 3.87. The highest BCUT2D eigenvalue weighted by Gasteiger charge is 2.10. The van der Waals surface area contributed by atoms with Gasteiger partial charge in [-0.15, -0.1) is 0 Å². The van der Waals surface area contributed by atoms with E-state index in [0.717, 1.165) is 10.2 Å². The van der Waals surface area contributed by atoms with E-state index in [1.165, 1.54) is 12.1 Å². The van der Waals surface area contributed by atoms with E-state index in [2.05, 4.69) is 15.4 Å². The van der Waals surface area contributed by atoms with Gasteiger partial charge < -0.3 is 5.32 Å². The summed E-state index contributed by atoms with van der Waals surface area (Å²) in [6.07, 6.45) is 3.27. The molecule has 0 unspecified atom stereocenters. The van der Waals surface area contributed by atoms with Crippen molar-refractivity contribution in [3.8, 4) is 11.3 Å². The Morgan fingerprint density at radius 2 is 2.00 bits per heavy atom. The number of rotatable bonds is 4. The van der Waals surface area contributed by atoms with Crippen LogP contribution in [0.4, 0.5) is 5.69 Å². The van der Waals surface area contributed by atoms with E-state index in [4.69, 9.17) is 23.2 Å². The summed E-state index contributed by atoms with van der Waals surface area (Å²) in [5.74, 6) is -0.429. The third-order valence-electron chi connectivity index (χ3n) is 3.32. The van der Waals surface area contributed by atoms with Gasteiger partial charge in [-0.2, -0.15) is 5.10 Å². The van der Waals surface area contributed by atoms with Gasteiger partial charge in [0, 0.05) is 29.0 Å². The Morgan fingerprint density at radius 3 is 2.72 bits per heavy atom. The highest BCUT2D eigenvalue weighted by molar-refractivity contribution is 6.36. The van der Waals surface area contributed by atoms with Gasteiger partial charge in [0.1, 0.15) is 6.54 Å². The summed E-state index contributed by atoms with van der Waals surface area (Å²) in [5, 5.41) is 7.61. The second-order valence-corrected chi connectivity index (χ2v) is 5.97. The number of carbonyl (C=O) groups is 1. The number of amides is 1. The van der Waals surface area contributed by atoms with Crippen LogP contribution in [0.25, 0.3) is 11.3 Å². The molecule has 0 fully saturated rings. The second-order valence-electron chi connectivity index (χ2n) is 5.13. The fraction of sp³-hybridized carbons (Fsp3) is 0.0588. The van der Waals surface area contributed by atoms with Crippen molar-refractivity contribution >= 4 is 34.8 Å². The maximum atomic E-state index is 12.2. The lowest BCUT2D eigenvalue weighted by Gasteiger charge is -2.09. The zero-order valence-corrected chi connectivity index (χ0v) is 14.3. The molecule has 3 rings (SSSR count). The van der Waals surface area contributed by atoms with Gasteiger partial charge >= 0.3 is 0 Å². The van der Waals surface area contributed by atoms with E-state index in [-0.39, 0.29) is 12.1 Å². The van der Waals surface area contributed by atoms with Gasteiger partial charge in [0.05, 0.1) is 16.4 Å². The van der Waals surface area contributed by atoms with Crippen LogP contribution in [-0.4, -0.2) is 20.7 Å². The Bertz CT molecular complexity index is 974. The number of nitrogens with one attached hydrogen (secondary N) is 1. The molecule has 0 saturated heterocycles. The smallest absolute Gasteiger partial charge is 0.267 e. The molecule has 1 N–H and O–H groups in total. The average Bonchev–Trinajstić information content (AvgIpc) is 2.60. The van der Waals surface area contributed by atoms with Crippen molar-refractivity contribution in [1.29, 1.82) is 0 Å². The molecule has 8 heteroatoms. The summed E-state index contributed by atoms with van der Waals surface area (Å²) in [7, 11) is 0. The van der Waals surface area contributed by atoms with Crippen molar-refractivity contribution in [2.24, 2.45) is 0 Å². The van der Waals surface area contributed by atoms with E-state index in [1.54, 1.807) is 36.7 Å². The number of hydrogen-bond acceptors (Lipinski definition) is 4. The predicted molar refractivity (Wildman–Crippen MR) is 96.8 cm³/mol. The van der Waals surface area contributed by atoms with Crippen LogP contribution in [0.3, 0.4) is 0 Å². The molecule has 3 aromatic rings. The Morgan fingerprint density at radius 1 is 1.16 bits per heavy atom. The van der Waals surface area contributed by atoms with E-state index in [0.29, 0.717) is 21.4 Å². The fourth-order valence-electron chi connectivity index (χ4n) is 2.15. The molecule has 126 valence electrons. The molecule has 0 radical (unpaired) electrons. The quantitative estimate of drug-likeness (QED) is 0.760. The number of carbonyl (C=O) groups excluding carboxylic acids is 1. The van der Waals surface area contributed by atoms with Gasteiger partial charge in [-0.3, -0.25) is 14.6 Å². The molecule has 2 heterocycles. The normalized spacial score (nSPS) is 10.5. The molecule has 0 aliphatic carbocycles. The van der Waals surface area contributed by atoms with Crippen LogP contribution in [0, 0.1) is 0 Å². The minimum atomic E-state index is -0.429. The van der Waals surface area contributed by atoms with Gasteiger partial charge in [-0.05, 0) is 36.4 Å². The summed E-state index contributed by atoms with van der Waals surface area (Å²) in [4.78, 5) is 28.2. The largest absolute Gasteiger partial charge is 0.323 e. The molecule has 0 atom stereocenters. The summed E-state index contributed by atoms with van der Waals surface area (Å²) >= 11 is 11.8. The van der Waals surface area contributed by atoms with E-state index in [1.807, 2.05) is 6.07 Å². The SMILES string of the molecule is O=C(Cn1nc(-c2cccnc2)ccc1=O)Nc1ccc(Cl)cc1Cl. The average molecular weight is 375 g/mol. The van der Waals surface area contributed by atoms with Crippen LogP contribution < -0.4 is 10.9 Å². The number of benzene rings is 1. The summed E-state index contributed by atoms with van der Waals surface area (Å²) in [5.41, 5.74) is 1.32. The molecule has 6 nitrogen and oxygen atoms in total. The van der Waals surface area contributed by atoms with Gasteiger partial charge in [0.15, 0.2) is 0 Å². The lowest BCUT2D eigenvalue weighted by atomic mass is 10.2. The van der Waals surface area contributed by atoms with Crippen molar-refractivity contribution in [3.63, 3.8) is 0 Å². The number of pyridine rings is 1. The molecular weight excluding hydrogens is 363 g/mol. The molecule has 0 bridgehead atoms. The zero-order valence-electron chi connectivity index (χ0n) is 12.8. The molecular formula is C17H12Cl2N4O2. The Hall–Kier alpha value is -2.70. The number of anilines is 1. The first kappa shape index (κ1) is 17.1. The van der Waals surface area contributed by atoms with Crippen molar-refractivity contribution in [2.45, 2.75) is 6.54 Å². The Kier molecular flexibility index (Phi) is 5.11. The maximum absolute atomic E-state index is 12.2. The van der Waals surface area contributed by atoms with Gasteiger partial charge in [0.25, 0.3) is 5.56 Å².